The average Bonchev–Trinajstić information content (AvgIpc) is 2.77. The van der Waals surface area contributed by atoms with Crippen LogP contribution in [0.2, 0.25) is 0 Å². The molecule has 2 N–H and O–H groups in total. The van der Waals surface area contributed by atoms with E-state index in [0.717, 1.165) is 23.5 Å². The molecule has 2 rings (SSSR count). The maximum absolute atomic E-state index is 13.6. The molecule has 0 spiro atoms. The molecule has 0 saturated heterocycles. The minimum atomic E-state index is -4.04. The lowest BCUT2D eigenvalue weighted by atomic mass is 10.2. The van der Waals surface area contributed by atoms with Crippen molar-refractivity contribution in [3.63, 3.8) is 0 Å². The van der Waals surface area contributed by atoms with Crippen LogP contribution in [0.1, 0.15) is 20.1 Å². The highest BCUT2D eigenvalue weighted by Gasteiger charge is 2.23. The topological polar surface area (TPSA) is 83.5 Å². The van der Waals surface area contributed by atoms with Gasteiger partial charge in [-0.15, -0.1) is 11.3 Å². The molecule has 112 valence electrons. The van der Waals surface area contributed by atoms with Crippen LogP contribution in [-0.4, -0.2) is 19.5 Å². The van der Waals surface area contributed by atoms with Gasteiger partial charge >= 0.3 is 5.97 Å². The van der Waals surface area contributed by atoms with Crippen molar-refractivity contribution in [2.24, 2.45) is 0 Å². The standard InChI is InChI=1S/C13H12FNO4S2/c1-7-3-4-9(14)10(5-7)15-21(18,19)12-6-11(13(16)17)20-8(12)2/h3-6,15H,1-2H3,(H,16,17). The normalized spacial score (nSPS) is 11.4. The molecule has 0 atom stereocenters. The molecular formula is C13H12FNO4S2. The quantitative estimate of drug-likeness (QED) is 0.903. The predicted octanol–water partition coefficient (Wildman–Crippen LogP) is 3.00. The van der Waals surface area contributed by atoms with Crippen molar-refractivity contribution in [2.45, 2.75) is 18.7 Å². The third-order valence-electron chi connectivity index (χ3n) is 2.74. The van der Waals surface area contributed by atoms with Gasteiger partial charge in [0.1, 0.15) is 15.6 Å². The summed E-state index contributed by atoms with van der Waals surface area (Å²) < 4.78 is 40.3. The van der Waals surface area contributed by atoms with Crippen LogP contribution in [0.25, 0.3) is 0 Å². The molecule has 0 aliphatic heterocycles. The molecule has 0 saturated carbocycles. The number of carboxylic acid groups (broad SMARTS) is 1. The second kappa shape index (κ2) is 5.45. The van der Waals surface area contributed by atoms with Gasteiger partial charge in [0.25, 0.3) is 10.0 Å². The van der Waals surface area contributed by atoms with Gasteiger partial charge in [-0.1, -0.05) is 6.07 Å². The van der Waals surface area contributed by atoms with Crippen LogP contribution in [0.15, 0.2) is 29.2 Å². The molecule has 0 bridgehead atoms. The number of aromatic carboxylic acids is 1. The molecule has 0 unspecified atom stereocenters. The fraction of sp³-hybridized carbons (Fsp3) is 0.154. The number of carboxylic acids is 1. The lowest BCUT2D eigenvalue weighted by molar-refractivity contribution is 0.0702. The van der Waals surface area contributed by atoms with Crippen molar-refractivity contribution >= 4 is 33.0 Å². The van der Waals surface area contributed by atoms with Crippen molar-refractivity contribution < 1.29 is 22.7 Å². The molecule has 0 radical (unpaired) electrons. The molecule has 0 amide bonds. The summed E-state index contributed by atoms with van der Waals surface area (Å²) in [4.78, 5) is 11.0. The summed E-state index contributed by atoms with van der Waals surface area (Å²) in [6, 6.07) is 5.12. The van der Waals surface area contributed by atoms with E-state index >= 15 is 0 Å². The maximum Gasteiger partial charge on any atom is 0.345 e. The first-order valence-electron chi connectivity index (χ1n) is 5.83. The van der Waals surface area contributed by atoms with Crippen LogP contribution >= 0.6 is 11.3 Å². The third-order valence-corrected chi connectivity index (χ3v) is 5.40. The fourth-order valence-corrected chi connectivity index (χ4v) is 4.24. The van der Waals surface area contributed by atoms with E-state index in [1.807, 2.05) is 0 Å². The second-order valence-electron chi connectivity index (χ2n) is 4.43. The highest BCUT2D eigenvalue weighted by molar-refractivity contribution is 7.93. The maximum atomic E-state index is 13.6. The van der Waals surface area contributed by atoms with E-state index in [-0.39, 0.29) is 15.5 Å². The largest absolute Gasteiger partial charge is 0.477 e. The van der Waals surface area contributed by atoms with Gasteiger partial charge in [-0.3, -0.25) is 4.72 Å². The smallest absolute Gasteiger partial charge is 0.345 e. The lowest BCUT2D eigenvalue weighted by Gasteiger charge is -2.09. The van der Waals surface area contributed by atoms with E-state index in [9.17, 15) is 17.6 Å². The number of carbonyl (C=O) groups is 1. The first-order chi connectivity index (χ1) is 9.70. The SMILES string of the molecule is Cc1ccc(F)c(NS(=O)(=O)c2cc(C(=O)O)sc2C)c1. The summed E-state index contributed by atoms with van der Waals surface area (Å²) in [5.41, 5.74) is 0.528. The molecular weight excluding hydrogens is 317 g/mol. The summed E-state index contributed by atoms with van der Waals surface area (Å²) >= 11 is 0.855. The van der Waals surface area contributed by atoms with Crippen molar-refractivity contribution in [1.82, 2.24) is 0 Å². The summed E-state index contributed by atoms with van der Waals surface area (Å²) in [5.74, 6) is -1.90. The van der Waals surface area contributed by atoms with E-state index in [1.54, 1.807) is 6.92 Å². The molecule has 0 aliphatic rings. The summed E-state index contributed by atoms with van der Waals surface area (Å²) in [7, 11) is -4.04. The van der Waals surface area contributed by atoms with Crippen molar-refractivity contribution in [2.75, 3.05) is 4.72 Å². The minimum absolute atomic E-state index is 0.0856. The van der Waals surface area contributed by atoms with Crippen LogP contribution in [0, 0.1) is 19.7 Å². The number of hydrogen-bond donors (Lipinski definition) is 2. The van der Waals surface area contributed by atoms with Gasteiger partial charge in [0.05, 0.1) is 5.69 Å². The third kappa shape index (κ3) is 3.22. The number of nitrogens with one attached hydrogen (secondary N) is 1. The van der Waals surface area contributed by atoms with Gasteiger partial charge in [-0.25, -0.2) is 17.6 Å². The molecule has 2 aromatic rings. The zero-order valence-electron chi connectivity index (χ0n) is 11.2. The number of halogens is 1. The Balaban J connectivity index is 2.43. The molecule has 0 aliphatic carbocycles. The van der Waals surface area contributed by atoms with Gasteiger partial charge in [0.15, 0.2) is 0 Å². The second-order valence-corrected chi connectivity index (χ2v) is 7.33. The van der Waals surface area contributed by atoms with Crippen molar-refractivity contribution in [1.29, 1.82) is 0 Å². The van der Waals surface area contributed by atoms with E-state index < -0.39 is 21.8 Å². The van der Waals surface area contributed by atoms with Crippen LogP contribution in [0.4, 0.5) is 10.1 Å². The van der Waals surface area contributed by atoms with Crippen LogP contribution < -0.4 is 4.72 Å². The van der Waals surface area contributed by atoms with Gasteiger partial charge in [-0.05, 0) is 37.6 Å². The Kier molecular flexibility index (Phi) is 4.02. The number of sulfonamides is 1. The van der Waals surface area contributed by atoms with Crippen LogP contribution in [0.5, 0.6) is 0 Å². The lowest BCUT2D eigenvalue weighted by Crippen LogP contribution is -2.14. The Hall–Kier alpha value is -1.93. The minimum Gasteiger partial charge on any atom is -0.477 e. The van der Waals surface area contributed by atoms with Crippen molar-refractivity contribution in [3.05, 3.63) is 45.4 Å². The Morgan fingerprint density at radius 1 is 1.29 bits per heavy atom. The summed E-state index contributed by atoms with van der Waals surface area (Å²) in [6.07, 6.45) is 0. The van der Waals surface area contributed by atoms with Crippen LogP contribution in [-0.2, 0) is 10.0 Å². The van der Waals surface area contributed by atoms with Gasteiger partial charge in [0.2, 0.25) is 0 Å². The number of anilines is 1. The Labute approximate surface area is 125 Å². The first-order valence-corrected chi connectivity index (χ1v) is 8.13. The van der Waals surface area contributed by atoms with E-state index in [1.165, 1.54) is 19.1 Å². The number of hydrogen-bond acceptors (Lipinski definition) is 4. The monoisotopic (exact) mass is 329 g/mol. The molecule has 8 heteroatoms. The summed E-state index contributed by atoms with van der Waals surface area (Å²) in [5, 5.41) is 8.89. The number of rotatable bonds is 4. The highest BCUT2D eigenvalue weighted by atomic mass is 32.2. The Morgan fingerprint density at radius 3 is 2.52 bits per heavy atom. The number of aryl methyl sites for hydroxylation is 2. The van der Waals surface area contributed by atoms with Gasteiger partial charge < -0.3 is 5.11 Å². The zero-order chi connectivity index (χ0) is 15.8. The Morgan fingerprint density at radius 2 is 1.95 bits per heavy atom. The van der Waals surface area contributed by atoms with E-state index in [4.69, 9.17) is 5.11 Å². The molecule has 0 fully saturated rings. The molecule has 1 aromatic heterocycles. The molecule has 1 heterocycles. The fourth-order valence-electron chi connectivity index (χ4n) is 1.75. The highest BCUT2D eigenvalue weighted by Crippen LogP contribution is 2.28. The zero-order valence-corrected chi connectivity index (χ0v) is 12.8. The Bertz CT molecular complexity index is 812. The molecule has 21 heavy (non-hydrogen) atoms. The van der Waals surface area contributed by atoms with E-state index in [0.29, 0.717) is 10.4 Å². The van der Waals surface area contributed by atoms with Gasteiger partial charge in [0, 0.05) is 4.88 Å². The predicted molar refractivity (Wildman–Crippen MR) is 78.0 cm³/mol. The van der Waals surface area contributed by atoms with Gasteiger partial charge in [-0.2, -0.15) is 0 Å². The summed E-state index contributed by atoms with van der Waals surface area (Å²) in [6.45, 7) is 3.20. The first kappa shape index (κ1) is 15.5. The molecule has 1 aromatic carbocycles. The van der Waals surface area contributed by atoms with Crippen molar-refractivity contribution in [3.8, 4) is 0 Å². The number of thiophene rings is 1. The van der Waals surface area contributed by atoms with E-state index in [2.05, 4.69) is 4.72 Å². The number of benzene rings is 1. The molecule has 5 nitrogen and oxygen atoms in total. The average molecular weight is 329 g/mol. The van der Waals surface area contributed by atoms with Crippen LogP contribution in [0.3, 0.4) is 0 Å².